The number of Topliss-reactive ketones (excluding diaryl/α,β-unsaturated/α-hetero) is 1. The number of esters is 1. The Morgan fingerprint density at radius 1 is 1.00 bits per heavy atom. The number of carbonyl (C=O) groups excluding carboxylic acids is 2. The molecule has 0 N–H and O–H groups in total. The molecule has 0 radical (unpaired) electrons. The number of hydrogen-bond donors (Lipinski definition) is 0. The second kappa shape index (κ2) is 18.0. The predicted molar refractivity (Wildman–Crippen MR) is 56.2 cm³/mol. The van der Waals surface area contributed by atoms with Crippen LogP contribution in [0.5, 0.6) is 0 Å². The molecule has 0 aromatic carbocycles. The lowest BCUT2D eigenvalue weighted by molar-refractivity contribution is -0.140. The third-order valence-electron chi connectivity index (χ3n) is 0.636. The van der Waals surface area contributed by atoms with Crippen molar-refractivity contribution >= 4 is 11.8 Å². The first-order valence-electron chi connectivity index (χ1n) is 4.51. The molecule has 0 aliphatic heterocycles. The molecule has 86 valence electrons. The lowest BCUT2D eigenvalue weighted by Gasteiger charge is -1.89. The average Bonchev–Trinajstić information content (AvgIpc) is 2.03. The molecule has 0 aromatic rings. The second-order valence-electron chi connectivity index (χ2n) is 2.41. The van der Waals surface area contributed by atoms with Crippen LogP contribution in [0.4, 0.5) is 0 Å². The molecule has 0 heterocycles. The molecule has 0 aliphatic carbocycles. The van der Waals surface area contributed by atoms with E-state index in [0.29, 0.717) is 6.61 Å². The van der Waals surface area contributed by atoms with Crippen LogP contribution >= 0.6 is 0 Å². The van der Waals surface area contributed by atoms with E-state index < -0.39 is 0 Å². The fraction of sp³-hybridized carbons (Fsp3) is 0.800. The Hall–Kier alpha value is -0.900. The number of methoxy groups -OCH3 is 1. The molecule has 0 spiro atoms. The molecule has 0 amide bonds. The van der Waals surface area contributed by atoms with Crippen LogP contribution in [0, 0.1) is 0 Å². The molecule has 0 aliphatic rings. The number of ketones is 1. The van der Waals surface area contributed by atoms with Crippen molar-refractivity contribution in [2.75, 3.05) is 20.3 Å². The van der Waals surface area contributed by atoms with E-state index >= 15 is 0 Å². The minimum Gasteiger partial charge on any atom is -0.466 e. The maximum Gasteiger partial charge on any atom is 0.302 e. The third-order valence-corrected chi connectivity index (χ3v) is 0.636. The zero-order valence-electron chi connectivity index (χ0n) is 10.0. The molecule has 0 bridgehead atoms. The third kappa shape index (κ3) is 118. The topological polar surface area (TPSA) is 52.6 Å². The smallest absolute Gasteiger partial charge is 0.302 e. The highest BCUT2D eigenvalue weighted by Gasteiger charge is 1.81. The predicted octanol–water partition coefficient (Wildman–Crippen LogP) is 1.82. The van der Waals surface area contributed by atoms with Crippen LogP contribution < -0.4 is 0 Å². The Balaban J connectivity index is -0.000000135. The van der Waals surface area contributed by atoms with Crippen LogP contribution in [-0.2, 0) is 19.1 Å². The maximum absolute atomic E-state index is 9.82. The van der Waals surface area contributed by atoms with Crippen molar-refractivity contribution in [3.05, 3.63) is 0 Å². The van der Waals surface area contributed by atoms with Gasteiger partial charge in [-0.05, 0) is 27.7 Å². The minimum absolute atomic E-state index is 0.167. The van der Waals surface area contributed by atoms with Crippen molar-refractivity contribution in [1.29, 1.82) is 0 Å². The quantitative estimate of drug-likeness (QED) is 0.647. The number of hydrogen-bond acceptors (Lipinski definition) is 4. The Labute approximate surface area is 86.6 Å². The first kappa shape index (κ1) is 18.8. The van der Waals surface area contributed by atoms with E-state index in [0.717, 1.165) is 6.61 Å². The van der Waals surface area contributed by atoms with E-state index in [1.165, 1.54) is 20.8 Å². The molecule has 4 nitrogen and oxygen atoms in total. The fourth-order valence-corrected chi connectivity index (χ4v) is 0.203. The number of carbonyl (C=O) groups is 2. The van der Waals surface area contributed by atoms with Crippen LogP contribution in [0.3, 0.4) is 0 Å². The summed E-state index contributed by atoms with van der Waals surface area (Å²) in [5.41, 5.74) is 0. The van der Waals surface area contributed by atoms with Crippen molar-refractivity contribution < 1.29 is 19.1 Å². The summed E-state index contributed by atoms with van der Waals surface area (Å²) in [5, 5.41) is 0. The molecular formula is C10H22O4. The van der Waals surface area contributed by atoms with Gasteiger partial charge in [-0.3, -0.25) is 4.79 Å². The monoisotopic (exact) mass is 206 g/mol. The summed E-state index contributed by atoms with van der Waals surface area (Å²) in [6.45, 7) is 9.49. The molecule has 4 heteroatoms. The molecule has 0 unspecified atom stereocenters. The number of ether oxygens (including phenoxy) is 2. The van der Waals surface area contributed by atoms with Gasteiger partial charge in [-0.1, -0.05) is 0 Å². The normalized spacial score (nSPS) is 7.29. The molecule has 0 fully saturated rings. The summed E-state index contributed by atoms with van der Waals surface area (Å²) in [4.78, 5) is 19.3. The van der Waals surface area contributed by atoms with E-state index in [1.54, 1.807) is 14.0 Å². The van der Waals surface area contributed by atoms with Crippen LogP contribution in [0.1, 0.15) is 34.6 Å². The summed E-state index contributed by atoms with van der Waals surface area (Å²) in [7, 11) is 1.68. The molecule has 0 aromatic heterocycles. The van der Waals surface area contributed by atoms with Gasteiger partial charge in [0.25, 0.3) is 0 Å². The summed E-state index contributed by atoms with van der Waals surface area (Å²) < 4.78 is 8.94. The lowest BCUT2D eigenvalue weighted by atomic mass is 10.6. The van der Waals surface area contributed by atoms with Crippen LogP contribution in [0.2, 0.25) is 0 Å². The van der Waals surface area contributed by atoms with Gasteiger partial charge in [-0.15, -0.1) is 0 Å². The van der Waals surface area contributed by atoms with Gasteiger partial charge in [0.2, 0.25) is 0 Å². The van der Waals surface area contributed by atoms with Crippen LogP contribution in [0.25, 0.3) is 0 Å². The Morgan fingerprint density at radius 3 is 1.29 bits per heavy atom. The molecule has 0 saturated carbocycles. The van der Waals surface area contributed by atoms with Gasteiger partial charge >= 0.3 is 5.97 Å². The van der Waals surface area contributed by atoms with Crippen LogP contribution in [-0.4, -0.2) is 32.1 Å². The van der Waals surface area contributed by atoms with Gasteiger partial charge < -0.3 is 14.3 Å². The fourth-order valence-electron chi connectivity index (χ4n) is 0.203. The highest BCUT2D eigenvalue weighted by Crippen LogP contribution is 1.69. The van der Waals surface area contributed by atoms with Gasteiger partial charge in [-0.2, -0.15) is 0 Å². The van der Waals surface area contributed by atoms with Crippen molar-refractivity contribution in [2.45, 2.75) is 34.6 Å². The van der Waals surface area contributed by atoms with E-state index in [4.69, 9.17) is 0 Å². The second-order valence-corrected chi connectivity index (χ2v) is 2.41. The first-order valence-corrected chi connectivity index (χ1v) is 4.51. The van der Waals surface area contributed by atoms with Crippen LogP contribution in [0.15, 0.2) is 0 Å². The van der Waals surface area contributed by atoms with Gasteiger partial charge in [-0.25, -0.2) is 0 Å². The highest BCUT2D eigenvalue weighted by molar-refractivity contribution is 5.72. The molecular weight excluding hydrogens is 184 g/mol. The summed E-state index contributed by atoms with van der Waals surface area (Å²) >= 11 is 0. The van der Waals surface area contributed by atoms with Gasteiger partial charge in [0.1, 0.15) is 5.78 Å². The van der Waals surface area contributed by atoms with Crippen molar-refractivity contribution in [1.82, 2.24) is 0 Å². The first-order chi connectivity index (χ1) is 6.42. The molecule has 14 heavy (non-hydrogen) atoms. The Bertz CT molecular complexity index is 126. The van der Waals surface area contributed by atoms with Crippen molar-refractivity contribution in [3.8, 4) is 0 Å². The Morgan fingerprint density at radius 2 is 1.29 bits per heavy atom. The Kier molecular flexibility index (Phi) is 24.2. The lowest BCUT2D eigenvalue weighted by Crippen LogP contribution is -1.95. The zero-order chi connectivity index (χ0) is 12.0. The molecule has 0 saturated heterocycles. The van der Waals surface area contributed by atoms with E-state index in [-0.39, 0.29) is 11.8 Å². The average molecular weight is 206 g/mol. The summed E-state index contributed by atoms with van der Waals surface area (Å²) in [6, 6.07) is 0. The van der Waals surface area contributed by atoms with Gasteiger partial charge in [0.15, 0.2) is 0 Å². The molecule has 0 rings (SSSR count). The van der Waals surface area contributed by atoms with E-state index in [9.17, 15) is 9.59 Å². The van der Waals surface area contributed by atoms with Crippen molar-refractivity contribution in [2.24, 2.45) is 0 Å². The van der Waals surface area contributed by atoms with E-state index in [2.05, 4.69) is 9.47 Å². The number of rotatable bonds is 2. The maximum atomic E-state index is 9.82. The summed E-state index contributed by atoms with van der Waals surface area (Å²) in [5.74, 6) is -0.0440. The SMILES string of the molecule is CC(C)=O.CCOC.CCOC(C)=O. The van der Waals surface area contributed by atoms with Crippen molar-refractivity contribution in [3.63, 3.8) is 0 Å². The van der Waals surface area contributed by atoms with Gasteiger partial charge in [0, 0.05) is 20.6 Å². The highest BCUT2D eigenvalue weighted by atomic mass is 16.5. The van der Waals surface area contributed by atoms with E-state index in [1.807, 2.05) is 6.92 Å². The summed E-state index contributed by atoms with van der Waals surface area (Å²) in [6.07, 6.45) is 0. The van der Waals surface area contributed by atoms with Gasteiger partial charge in [0.05, 0.1) is 6.61 Å². The zero-order valence-corrected chi connectivity index (χ0v) is 10.0. The standard InChI is InChI=1S/C4H8O2.C3H8O.C3H6O/c1-3-6-4(2)5;1-3-4-2;1-3(2)4/h3H2,1-2H3;3H2,1-2H3;1-2H3. The minimum atomic E-state index is -0.211. The molecule has 0 atom stereocenters. The largest absolute Gasteiger partial charge is 0.466 e.